The molecule has 0 aliphatic rings. The fourth-order valence-electron chi connectivity index (χ4n) is 0.785. The van der Waals surface area contributed by atoms with Crippen LogP contribution < -0.4 is 0 Å². The molecule has 1 rings (SSSR count). The molecule has 1 aromatic rings. The van der Waals surface area contributed by atoms with Gasteiger partial charge in [-0.1, -0.05) is 17.7 Å². The Morgan fingerprint density at radius 3 is 1.71 bits per heavy atom. The Bertz CT molecular complexity index is 411. The van der Waals surface area contributed by atoms with Crippen molar-refractivity contribution in [2.45, 2.75) is 11.8 Å². The van der Waals surface area contributed by atoms with Crippen LogP contribution in [0.25, 0.3) is 0 Å². The summed E-state index contributed by atoms with van der Waals surface area (Å²) in [5.74, 6) is 0. The van der Waals surface area contributed by atoms with Crippen molar-refractivity contribution in [2.75, 3.05) is 6.26 Å². The maximum absolute atomic E-state index is 10.9. The number of sulfone groups is 1. The Labute approximate surface area is 82.5 Å². The smallest absolute Gasteiger partial charge is 0.224 e. The van der Waals surface area contributed by atoms with Crippen LogP contribution >= 0.6 is 0 Å². The molecule has 0 bridgehead atoms. The molecule has 0 fully saturated rings. The van der Waals surface area contributed by atoms with Crippen LogP contribution in [0, 0.1) is 6.92 Å². The Hall–Kier alpha value is -1.45. The van der Waals surface area contributed by atoms with Gasteiger partial charge in [0.1, 0.15) is 0 Å². The van der Waals surface area contributed by atoms with Crippen LogP contribution in [0.3, 0.4) is 0 Å². The van der Waals surface area contributed by atoms with Gasteiger partial charge < -0.3 is 0 Å². The lowest BCUT2D eigenvalue weighted by Gasteiger charge is -1.96. The number of hydrogen-bond acceptors (Lipinski definition) is 4. The van der Waals surface area contributed by atoms with E-state index in [4.69, 9.17) is 9.59 Å². The van der Waals surface area contributed by atoms with E-state index >= 15 is 0 Å². The van der Waals surface area contributed by atoms with E-state index in [2.05, 4.69) is 0 Å². The third-order valence-corrected chi connectivity index (χ3v) is 2.58. The van der Waals surface area contributed by atoms with Gasteiger partial charge in [-0.25, -0.2) is 8.42 Å². The highest BCUT2D eigenvalue weighted by molar-refractivity contribution is 7.90. The summed E-state index contributed by atoms with van der Waals surface area (Å²) in [7, 11) is -3.02. The number of hydrogen-bond donors (Lipinski definition) is 0. The predicted octanol–water partition coefficient (Wildman–Crippen LogP) is 0.815. The van der Waals surface area contributed by atoms with Crippen LogP contribution in [0.2, 0.25) is 0 Å². The van der Waals surface area contributed by atoms with Gasteiger partial charge in [-0.2, -0.15) is 9.59 Å². The van der Waals surface area contributed by atoms with Gasteiger partial charge in [0, 0.05) is 6.26 Å². The molecule has 0 aliphatic carbocycles. The monoisotopic (exact) mass is 214 g/mol. The molecule has 0 aliphatic heterocycles. The molecule has 0 heterocycles. The third kappa shape index (κ3) is 4.54. The fourth-order valence-corrected chi connectivity index (χ4v) is 1.42. The van der Waals surface area contributed by atoms with E-state index in [-0.39, 0.29) is 6.15 Å². The average Bonchev–Trinajstić information content (AvgIpc) is 2.04. The van der Waals surface area contributed by atoms with Gasteiger partial charge >= 0.3 is 6.15 Å². The SMILES string of the molecule is Cc1ccc(S(C)(=O)=O)cc1.O=C=O. The molecule has 0 N–H and O–H groups in total. The largest absolute Gasteiger partial charge is 0.373 e. The van der Waals surface area contributed by atoms with E-state index in [0.29, 0.717) is 4.90 Å². The second-order valence-corrected chi connectivity index (χ2v) is 4.68. The van der Waals surface area contributed by atoms with Crippen LogP contribution in [0.15, 0.2) is 29.2 Å². The van der Waals surface area contributed by atoms with Crippen LogP contribution in [0.4, 0.5) is 0 Å². The molecule has 0 atom stereocenters. The summed E-state index contributed by atoms with van der Waals surface area (Å²) >= 11 is 0. The highest BCUT2D eigenvalue weighted by Gasteiger charge is 2.04. The number of carbonyl (C=O) groups excluding carboxylic acids is 2. The first-order valence-electron chi connectivity index (χ1n) is 3.68. The van der Waals surface area contributed by atoms with Crippen molar-refractivity contribution >= 4 is 16.0 Å². The molecular weight excluding hydrogens is 204 g/mol. The van der Waals surface area contributed by atoms with Crippen molar-refractivity contribution in [3.8, 4) is 0 Å². The van der Waals surface area contributed by atoms with Crippen molar-refractivity contribution in [1.82, 2.24) is 0 Å². The highest BCUT2D eigenvalue weighted by Crippen LogP contribution is 2.08. The minimum absolute atomic E-state index is 0.250. The zero-order valence-electron chi connectivity index (χ0n) is 7.85. The molecule has 5 heteroatoms. The second-order valence-electron chi connectivity index (χ2n) is 2.67. The lowest BCUT2D eigenvalue weighted by molar-refractivity contribution is -0.191. The molecule has 0 radical (unpaired) electrons. The van der Waals surface area contributed by atoms with E-state index in [1.165, 1.54) is 6.26 Å². The van der Waals surface area contributed by atoms with E-state index in [0.717, 1.165) is 5.56 Å². The Morgan fingerprint density at radius 2 is 1.43 bits per heavy atom. The first kappa shape index (κ1) is 12.6. The maximum atomic E-state index is 10.9. The molecule has 0 unspecified atom stereocenters. The van der Waals surface area contributed by atoms with Gasteiger partial charge in [0.25, 0.3) is 0 Å². The molecule has 76 valence electrons. The third-order valence-electron chi connectivity index (χ3n) is 1.45. The summed E-state index contributed by atoms with van der Waals surface area (Å²) in [5.41, 5.74) is 1.07. The van der Waals surface area contributed by atoms with Crippen LogP contribution in [-0.2, 0) is 19.4 Å². The molecule has 0 saturated heterocycles. The number of rotatable bonds is 1. The van der Waals surface area contributed by atoms with Gasteiger partial charge in [0.15, 0.2) is 9.84 Å². The lowest BCUT2D eigenvalue weighted by Crippen LogP contribution is -1.95. The zero-order chi connectivity index (χ0) is 11.2. The summed E-state index contributed by atoms with van der Waals surface area (Å²) in [5, 5.41) is 0. The molecule has 0 spiro atoms. The Kier molecular flexibility index (Phi) is 4.77. The van der Waals surface area contributed by atoms with Gasteiger partial charge in [0.2, 0.25) is 0 Å². The lowest BCUT2D eigenvalue weighted by atomic mass is 10.2. The highest BCUT2D eigenvalue weighted by atomic mass is 32.2. The normalized spacial score (nSPS) is 9.57. The Morgan fingerprint density at radius 1 is 1.07 bits per heavy atom. The summed E-state index contributed by atoms with van der Waals surface area (Å²) in [6.07, 6.45) is 1.46. The molecule has 14 heavy (non-hydrogen) atoms. The molecule has 0 saturated carbocycles. The molecule has 0 aromatic heterocycles. The van der Waals surface area contributed by atoms with E-state index < -0.39 is 9.84 Å². The minimum Gasteiger partial charge on any atom is -0.224 e. The van der Waals surface area contributed by atoms with Crippen molar-refractivity contribution in [3.05, 3.63) is 29.8 Å². The summed E-state index contributed by atoms with van der Waals surface area (Å²) in [4.78, 5) is 16.6. The minimum atomic E-state index is -3.02. The van der Waals surface area contributed by atoms with Gasteiger partial charge in [-0.15, -0.1) is 0 Å². The van der Waals surface area contributed by atoms with Crippen LogP contribution in [-0.4, -0.2) is 20.8 Å². The number of benzene rings is 1. The van der Waals surface area contributed by atoms with Crippen molar-refractivity contribution in [3.63, 3.8) is 0 Å². The average molecular weight is 214 g/mol. The quantitative estimate of drug-likeness (QED) is 0.693. The van der Waals surface area contributed by atoms with Crippen LogP contribution in [0.5, 0.6) is 0 Å². The van der Waals surface area contributed by atoms with Crippen molar-refractivity contribution < 1.29 is 18.0 Å². The van der Waals surface area contributed by atoms with E-state index in [1.807, 2.05) is 6.92 Å². The first-order chi connectivity index (χ1) is 6.41. The van der Waals surface area contributed by atoms with E-state index in [1.54, 1.807) is 24.3 Å². The van der Waals surface area contributed by atoms with Crippen molar-refractivity contribution in [2.24, 2.45) is 0 Å². The summed E-state index contributed by atoms with van der Waals surface area (Å²) in [6, 6.07) is 6.81. The maximum Gasteiger partial charge on any atom is 0.373 e. The number of aryl methyl sites for hydroxylation is 1. The molecule has 0 amide bonds. The molecule has 1 aromatic carbocycles. The predicted molar refractivity (Wildman–Crippen MR) is 49.3 cm³/mol. The van der Waals surface area contributed by atoms with Gasteiger partial charge in [-0.05, 0) is 19.1 Å². The molecular formula is C9H10O4S. The summed E-state index contributed by atoms with van der Waals surface area (Å²) < 4.78 is 21.9. The van der Waals surface area contributed by atoms with Crippen molar-refractivity contribution in [1.29, 1.82) is 0 Å². The first-order valence-corrected chi connectivity index (χ1v) is 5.57. The van der Waals surface area contributed by atoms with Gasteiger partial charge in [-0.3, -0.25) is 0 Å². The Balaban J connectivity index is 0.000000500. The topological polar surface area (TPSA) is 68.3 Å². The zero-order valence-corrected chi connectivity index (χ0v) is 8.67. The van der Waals surface area contributed by atoms with E-state index in [9.17, 15) is 8.42 Å². The van der Waals surface area contributed by atoms with Gasteiger partial charge in [0.05, 0.1) is 4.90 Å². The summed E-state index contributed by atoms with van der Waals surface area (Å²) in [6.45, 7) is 1.92. The second kappa shape index (κ2) is 5.32. The fraction of sp³-hybridized carbons (Fsp3) is 0.222. The van der Waals surface area contributed by atoms with Crippen LogP contribution in [0.1, 0.15) is 5.56 Å². The standard InChI is InChI=1S/C8H10O2S.CO2/c1-7-3-5-8(6-4-7)11(2,9)10;2-1-3/h3-6H,1-2H3;. The molecule has 4 nitrogen and oxygen atoms in total.